The molecule has 0 saturated carbocycles. The molecule has 15 heavy (non-hydrogen) atoms. The Balaban J connectivity index is 1.92. The molecule has 1 aromatic carbocycles. The molecule has 1 heterocycles. The highest BCUT2D eigenvalue weighted by Gasteiger charge is 2.21. The lowest BCUT2D eigenvalue weighted by Gasteiger charge is -2.16. The summed E-state index contributed by atoms with van der Waals surface area (Å²) in [5.41, 5.74) is 1.32. The molecule has 1 fully saturated rings. The van der Waals surface area contributed by atoms with Gasteiger partial charge in [-0.3, -0.25) is 10.1 Å². The Morgan fingerprint density at radius 2 is 2.13 bits per heavy atom. The average molecular weight is 204 g/mol. The summed E-state index contributed by atoms with van der Waals surface area (Å²) in [6.07, 6.45) is 1.07. The number of benzene rings is 1. The Labute approximate surface area is 89.9 Å². The maximum atomic E-state index is 11.0. The minimum atomic E-state index is 0.0975. The maximum absolute atomic E-state index is 11.0. The normalized spacial score (nSPS) is 22.5. The van der Waals surface area contributed by atoms with Gasteiger partial charge in [-0.15, -0.1) is 0 Å². The van der Waals surface area contributed by atoms with Crippen LogP contribution < -0.4 is 10.6 Å². The fourth-order valence-electron chi connectivity index (χ4n) is 1.93. The van der Waals surface area contributed by atoms with Gasteiger partial charge in [-0.2, -0.15) is 0 Å². The van der Waals surface area contributed by atoms with Crippen LogP contribution in [0.3, 0.4) is 0 Å². The van der Waals surface area contributed by atoms with E-state index in [-0.39, 0.29) is 12.1 Å². The number of carbonyl (C=O) groups excluding carboxylic acids is 1. The van der Waals surface area contributed by atoms with Crippen LogP contribution in [0, 0.1) is 0 Å². The second-order valence-electron chi connectivity index (χ2n) is 4.05. The van der Waals surface area contributed by atoms with E-state index in [4.69, 9.17) is 0 Å². The molecule has 2 unspecified atom stereocenters. The van der Waals surface area contributed by atoms with Gasteiger partial charge in [-0.05, 0) is 17.9 Å². The lowest BCUT2D eigenvalue weighted by molar-refractivity contribution is -0.118. The molecule has 2 atom stereocenters. The van der Waals surface area contributed by atoms with E-state index in [1.807, 2.05) is 18.2 Å². The summed E-state index contributed by atoms with van der Waals surface area (Å²) in [4.78, 5) is 11.0. The molecule has 1 aliphatic heterocycles. The zero-order chi connectivity index (χ0) is 10.7. The fraction of sp³-hybridized carbons (Fsp3) is 0.417. The molecular weight excluding hydrogens is 188 g/mol. The highest BCUT2D eigenvalue weighted by molar-refractivity contribution is 5.80. The summed E-state index contributed by atoms with van der Waals surface area (Å²) >= 11 is 0. The Bertz CT molecular complexity index is 337. The first-order valence-corrected chi connectivity index (χ1v) is 5.33. The molecule has 80 valence electrons. The quantitative estimate of drug-likeness (QED) is 0.777. The van der Waals surface area contributed by atoms with Crippen molar-refractivity contribution in [3.63, 3.8) is 0 Å². The SMILES string of the molecule is CC(CC1NCC(=O)N1)c1ccccc1. The van der Waals surface area contributed by atoms with Gasteiger partial charge in [-0.25, -0.2) is 0 Å². The summed E-state index contributed by atoms with van der Waals surface area (Å²) in [5, 5.41) is 6.05. The maximum Gasteiger partial charge on any atom is 0.235 e. The van der Waals surface area contributed by atoms with Crippen molar-refractivity contribution in [1.82, 2.24) is 10.6 Å². The van der Waals surface area contributed by atoms with Crippen LogP contribution in [0.25, 0.3) is 0 Å². The predicted octanol–water partition coefficient (Wildman–Crippen LogP) is 1.23. The van der Waals surface area contributed by atoms with Crippen molar-refractivity contribution in [1.29, 1.82) is 0 Å². The number of hydrogen-bond acceptors (Lipinski definition) is 2. The molecule has 2 N–H and O–H groups in total. The van der Waals surface area contributed by atoms with Crippen molar-refractivity contribution in [2.45, 2.75) is 25.4 Å². The molecular formula is C12H16N2O. The number of amides is 1. The van der Waals surface area contributed by atoms with E-state index in [0.29, 0.717) is 12.5 Å². The molecule has 1 aromatic rings. The van der Waals surface area contributed by atoms with Crippen molar-refractivity contribution in [2.24, 2.45) is 0 Å². The Kier molecular flexibility index (Phi) is 3.02. The first kappa shape index (κ1) is 10.2. The number of nitrogens with one attached hydrogen (secondary N) is 2. The largest absolute Gasteiger partial charge is 0.340 e. The Morgan fingerprint density at radius 3 is 2.73 bits per heavy atom. The lowest BCUT2D eigenvalue weighted by atomic mass is 9.97. The van der Waals surface area contributed by atoms with Crippen molar-refractivity contribution in [2.75, 3.05) is 6.54 Å². The average Bonchev–Trinajstić information content (AvgIpc) is 2.65. The van der Waals surface area contributed by atoms with Crippen molar-refractivity contribution >= 4 is 5.91 Å². The molecule has 0 aliphatic carbocycles. The zero-order valence-corrected chi connectivity index (χ0v) is 8.86. The van der Waals surface area contributed by atoms with Crippen LogP contribution in [-0.2, 0) is 4.79 Å². The Morgan fingerprint density at radius 1 is 1.40 bits per heavy atom. The highest BCUT2D eigenvalue weighted by atomic mass is 16.2. The van der Waals surface area contributed by atoms with Crippen LogP contribution in [0.15, 0.2) is 30.3 Å². The van der Waals surface area contributed by atoms with Gasteiger partial charge in [0.2, 0.25) is 5.91 Å². The molecule has 1 aliphatic rings. The number of rotatable bonds is 3. The topological polar surface area (TPSA) is 41.1 Å². The summed E-state index contributed by atoms with van der Waals surface area (Å²) in [7, 11) is 0. The summed E-state index contributed by atoms with van der Waals surface area (Å²) in [6, 6.07) is 10.4. The minimum Gasteiger partial charge on any atom is -0.340 e. The second kappa shape index (κ2) is 4.45. The fourth-order valence-corrected chi connectivity index (χ4v) is 1.93. The molecule has 1 saturated heterocycles. The summed E-state index contributed by atoms with van der Waals surface area (Å²) in [6.45, 7) is 2.63. The number of hydrogen-bond donors (Lipinski definition) is 2. The first-order chi connectivity index (χ1) is 7.25. The van der Waals surface area contributed by atoms with Gasteiger partial charge in [0.05, 0.1) is 12.7 Å². The standard InChI is InChI=1S/C12H16N2O/c1-9(10-5-3-2-4-6-10)7-11-13-8-12(15)14-11/h2-6,9,11,13H,7-8H2,1H3,(H,14,15). The molecule has 0 radical (unpaired) electrons. The van der Waals surface area contributed by atoms with Crippen LogP contribution in [-0.4, -0.2) is 18.6 Å². The van der Waals surface area contributed by atoms with E-state index < -0.39 is 0 Å². The highest BCUT2D eigenvalue weighted by Crippen LogP contribution is 2.19. The van der Waals surface area contributed by atoms with Gasteiger partial charge in [0, 0.05) is 0 Å². The Hall–Kier alpha value is -1.35. The third kappa shape index (κ3) is 2.57. The molecule has 0 aromatic heterocycles. The zero-order valence-electron chi connectivity index (χ0n) is 8.86. The van der Waals surface area contributed by atoms with Gasteiger partial charge < -0.3 is 5.32 Å². The van der Waals surface area contributed by atoms with Crippen molar-refractivity contribution < 1.29 is 4.79 Å². The van der Waals surface area contributed by atoms with Crippen LogP contribution in [0.4, 0.5) is 0 Å². The van der Waals surface area contributed by atoms with E-state index in [9.17, 15) is 4.79 Å². The second-order valence-corrected chi connectivity index (χ2v) is 4.05. The van der Waals surface area contributed by atoms with Crippen molar-refractivity contribution in [3.05, 3.63) is 35.9 Å². The van der Waals surface area contributed by atoms with E-state index in [2.05, 4.69) is 29.7 Å². The van der Waals surface area contributed by atoms with Gasteiger partial charge in [0.25, 0.3) is 0 Å². The van der Waals surface area contributed by atoms with Crippen LogP contribution >= 0.6 is 0 Å². The van der Waals surface area contributed by atoms with E-state index in [1.54, 1.807) is 0 Å². The third-order valence-electron chi connectivity index (χ3n) is 2.80. The van der Waals surface area contributed by atoms with Gasteiger partial charge >= 0.3 is 0 Å². The smallest absolute Gasteiger partial charge is 0.235 e. The third-order valence-corrected chi connectivity index (χ3v) is 2.80. The molecule has 1 amide bonds. The molecule has 3 nitrogen and oxygen atoms in total. The summed E-state index contributed by atoms with van der Waals surface area (Å²) in [5.74, 6) is 0.558. The molecule has 3 heteroatoms. The van der Waals surface area contributed by atoms with Crippen LogP contribution in [0.5, 0.6) is 0 Å². The van der Waals surface area contributed by atoms with Gasteiger partial charge in [-0.1, -0.05) is 37.3 Å². The van der Waals surface area contributed by atoms with E-state index in [1.165, 1.54) is 5.56 Å². The molecule has 0 bridgehead atoms. The predicted molar refractivity (Wildman–Crippen MR) is 59.4 cm³/mol. The summed E-state index contributed by atoms with van der Waals surface area (Å²) < 4.78 is 0. The van der Waals surface area contributed by atoms with E-state index in [0.717, 1.165) is 6.42 Å². The number of carbonyl (C=O) groups is 1. The lowest BCUT2D eigenvalue weighted by Crippen LogP contribution is -2.33. The van der Waals surface area contributed by atoms with Gasteiger partial charge in [0.1, 0.15) is 0 Å². The monoisotopic (exact) mass is 204 g/mol. The first-order valence-electron chi connectivity index (χ1n) is 5.33. The van der Waals surface area contributed by atoms with Crippen LogP contribution in [0.2, 0.25) is 0 Å². The minimum absolute atomic E-state index is 0.0975. The van der Waals surface area contributed by atoms with E-state index >= 15 is 0 Å². The van der Waals surface area contributed by atoms with Crippen molar-refractivity contribution in [3.8, 4) is 0 Å². The van der Waals surface area contributed by atoms with Gasteiger partial charge in [0.15, 0.2) is 0 Å². The molecule has 2 rings (SSSR count). The molecule has 0 spiro atoms. The van der Waals surface area contributed by atoms with Crippen LogP contribution in [0.1, 0.15) is 24.8 Å².